The number of ether oxygens (including phenoxy) is 1. The van der Waals surface area contributed by atoms with Gasteiger partial charge in [0.25, 0.3) is 5.56 Å². The van der Waals surface area contributed by atoms with Crippen molar-refractivity contribution < 1.29 is 4.74 Å². The Balaban J connectivity index is 1.61. The smallest absolute Gasteiger partial charge is 0.258 e. The number of rotatable bonds is 5. The molecule has 0 amide bonds. The molecule has 0 N–H and O–H groups in total. The predicted octanol–water partition coefficient (Wildman–Crippen LogP) is 4.58. The van der Waals surface area contributed by atoms with E-state index in [1.54, 1.807) is 16.8 Å². The highest BCUT2D eigenvalue weighted by Gasteiger charge is 2.09. The first-order valence-corrected chi connectivity index (χ1v) is 9.85. The summed E-state index contributed by atoms with van der Waals surface area (Å²) >= 11 is 7.38. The number of hydrogen-bond donors (Lipinski definition) is 0. The molecular formula is C20H18ClN3O2S. The standard InChI is InChI=1S/C20H18ClN3O2S/c1-3-19-22-16-5-4-14(9-17(16)23(19)2)24-7-6-15(10-20(24)25)26-11-13-8-18(21)27-12-13/h4-10,12H,3,11H2,1-2H3. The van der Waals surface area contributed by atoms with Gasteiger partial charge in [-0.3, -0.25) is 9.36 Å². The van der Waals surface area contributed by atoms with Crippen molar-refractivity contribution in [2.24, 2.45) is 7.05 Å². The molecule has 0 unspecified atom stereocenters. The first-order valence-electron chi connectivity index (χ1n) is 8.59. The number of aryl methyl sites for hydroxylation is 2. The van der Waals surface area contributed by atoms with Crippen molar-refractivity contribution in [3.05, 3.63) is 74.1 Å². The number of fused-ring (bicyclic) bond motifs is 1. The number of halogens is 1. The molecule has 4 rings (SSSR count). The molecule has 0 saturated heterocycles. The first-order chi connectivity index (χ1) is 13.0. The van der Waals surface area contributed by atoms with Crippen LogP contribution in [-0.2, 0) is 20.1 Å². The van der Waals surface area contributed by atoms with E-state index in [2.05, 4.69) is 16.5 Å². The maximum Gasteiger partial charge on any atom is 0.258 e. The van der Waals surface area contributed by atoms with E-state index in [-0.39, 0.29) is 5.56 Å². The van der Waals surface area contributed by atoms with Gasteiger partial charge in [0.2, 0.25) is 0 Å². The maximum absolute atomic E-state index is 12.6. The fraction of sp³-hybridized carbons (Fsp3) is 0.200. The molecule has 0 bridgehead atoms. The van der Waals surface area contributed by atoms with Crippen LogP contribution in [0.15, 0.2) is 52.8 Å². The normalized spacial score (nSPS) is 11.2. The van der Waals surface area contributed by atoms with Gasteiger partial charge in [0.15, 0.2) is 0 Å². The minimum atomic E-state index is -0.145. The van der Waals surface area contributed by atoms with Crippen molar-refractivity contribution in [2.75, 3.05) is 0 Å². The quantitative estimate of drug-likeness (QED) is 0.493. The Morgan fingerprint density at radius 3 is 2.78 bits per heavy atom. The summed E-state index contributed by atoms with van der Waals surface area (Å²) in [5, 5.41) is 1.94. The summed E-state index contributed by atoms with van der Waals surface area (Å²) < 4.78 is 10.1. The maximum atomic E-state index is 12.6. The Hall–Kier alpha value is -2.57. The van der Waals surface area contributed by atoms with Gasteiger partial charge in [-0.05, 0) is 35.7 Å². The molecule has 3 heterocycles. The largest absolute Gasteiger partial charge is 0.489 e. The fourth-order valence-corrected chi connectivity index (χ4v) is 3.94. The molecule has 0 spiro atoms. The van der Waals surface area contributed by atoms with Crippen molar-refractivity contribution in [1.29, 1.82) is 0 Å². The molecule has 0 fully saturated rings. The fourth-order valence-electron chi connectivity index (χ4n) is 3.05. The van der Waals surface area contributed by atoms with E-state index in [4.69, 9.17) is 16.3 Å². The highest BCUT2D eigenvalue weighted by atomic mass is 35.5. The van der Waals surface area contributed by atoms with Crippen LogP contribution in [0.3, 0.4) is 0 Å². The van der Waals surface area contributed by atoms with Crippen molar-refractivity contribution in [3.63, 3.8) is 0 Å². The summed E-state index contributed by atoms with van der Waals surface area (Å²) in [7, 11) is 1.99. The average Bonchev–Trinajstić information content (AvgIpc) is 3.23. The SMILES string of the molecule is CCc1nc2ccc(-n3ccc(OCc4csc(Cl)c4)cc3=O)cc2n1C. The second-order valence-electron chi connectivity index (χ2n) is 6.23. The third-order valence-corrected chi connectivity index (χ3v) is 5.61. The molecule has 0 aliphatic heterocycles. The van der Waals surface area contributed by atoms with Gasteiger partial charge in [0, 0.05) is 31.3 Å². The number of imidazole rings is 1. The Kier molecular flexibility index (Phi) is 4.76. The summed E-state index contributed by atoms with van der Waals surface area (Å²) in [6.45, 7) is 2.46. The van der Waals surface area contributed by atoms with E-state index in [0.29, 0.717) is 12.4 Å². The van der Waals surface area contributed by atoms with Gasteiger partial charge in [0.1, 0.15) is 18.2 Å². The lowest BCUT2D eigenvalue weighted by Crippen LogP contribution is -2.16. The number of pyridine rings is 1. The van der Waals surface area contributed by atoms with Crippen LogP contribution in [0.4, 0.5) is 0 Å². The lowest BCUT2D eigenvalue weighted by atomic mass is 10.2. The van der Waals surface area contributed by atoms with Crippen LogP contribution in [0.5, 0.6) is 5.75 Å². The van der Waals surface area contributed by atoms with E-state index in [1.165, 1.54) is 17.4 Å². The highest BCUT2D eigenvalue weighted by Crippen LogP contribution is 2.22. The Morgan fingerprint density at radius 1 is 1.22 bits per heavy atom. The van der Waals surface area contributed by atoms with Crippen molar-refractivity contribution >= 4 is 34.0 Å². The zero-order chi connectivity index (χ0) is 19.0. The molecule has 27 heavy (non-hydrogen) atoms. The zero-order valence-electron chi connectivity index (χ0n) is 15.0. The number of thiophene rings is 1. The minimum Gasteiger partial charge on any atom is -0.489 e. The van der Waals surface area contributed by atoms with E-state index in [0.717, 1.165) is 38.9 Å². The second-order valence-corrected chi connectivity index (χ2v) is 7.77. The van der Waals surface area contributed by atoms with Gasteiger partial charge in [-0.2, -0.15) is 0 Å². The molecule has 0 radical (unpaired) electrons. The lowest BCUT2D eigenvalue weighted by Gasteiger charge is -2.09. The monoisotopic (exact) mass is 399 g/mol. The van der Waals surface area contributed by atoms with Crippen molar-refractivity contribution in [1.82, 2.24) is 14.1 Å². The number of aromatic nitrogens is 3. The zero-order valence-corrected chi connectivity index (χ0v) is 16.5. The molecular weight excluding hydrogens is 382 g/mol. The molecule has 3 aromatic heterocycles. The van der Waals surface area contributed by atoms with E-state index < -0.39 is 0 Å². The van der Waals surface area contributed by atoms with Gasteiger partial charge in [-0.15, -0.1) is 11.3 Å². The van der Waals surface area contributed by atoms with Gasteiger partial charge < -0.3 is 9.30 Å². The van der Waals surface area contributed by atoms with Crippen molar-refractivity contribution in [3.8, 4) is 11.4 Å². The van der Waals surface area contributed by atoms with Crippen LogP contribution in [0.1, 0.15) is 18.3 Å². The van der Waals surface area contributed by atoms with E-state index >= 15 is 0 Å². The average molecular weight is 400 g/mol. The summed E-state index contributed by atoms with van der Waals surface area (Å²) in [5.41, 5.74) is 3.58. The first kappa shape index (κ1) is 17.8. The summed E-state index contributed by atoms with van der Waals surface area (Å²) in [6, 6.07) is 11.0. The molecule has 0 saturated carbocycles. The molecule has 7 heteroatoms. The van der Waals surface area contributed by atoms with Gasteiger partial charge >= 0.3 is 0 Å². The van der Waals surface area contributed by atoms with Crippen LogP contribution in [-0.4, -0.2) is 14.1 Å². The van der Waals surface area contributed by atoms with Crippen LogP contribution in [0.25, 0.3) is 16.7 Å². The minimum absolute atomic E-state index is 0.145. The summed E-state index contributed by atoms with van der Waals surface area (Å²) in [4.78, 5) is 17.2. The van der Waals surface area contributed by atoms with E-state index in [9.17, 15) is 4.79 Å². The van der Waals surface area contributed by atoms with Gasteiger partial charge in [-0.1, -0.05) is 18.5 Å². The third kappa shape index (κ3) is 3.50. The predicted molar refractivity (Wildman–Crippen MR) is 109 cm³/mol. The molecule has 138 valence electrons. The van der Waals surface area contributed by atoms with E-state index in [1.807, 2.05) is 36.7 Å². The summed E-state index contributed by atoms with van der Waals surface area (Å²) in [6.07, 6.45) is 2.60. The topological polar surface area (TPSA) is 49.1 Å². The van der Waals surface area contributed by atoms with Crippen LogP contribution in [0, 0.1) is 0 Å². The molecule has 0 aliphatic rings. The third-order valence-electron chi connectivity index (χ3n) is 4.47. The number of benzene rings is 1. The molecule has 4 aromatic rings. The lowest BCUT2D eigenvalue weighted by molar-refractivity contribution is 0.306. The Morgan fingerprint density at radius 2 is 2.07 bits per heavy atom. The van der Waals surface area contributed by atoms with Crippen LogP contribution in [0.2, 0.25) is 4.34 Å². The second kappa shape index (κ2) is 7.21. The van der Waals surface area contributed by atoms with Crippen LogP contribution >= 0.6 is 22.9 Å². The Labute approximate surface area is 165 Å². The summed E-state index contributed by atoms with van der Waals surface area (Å²) in [5.74, 6) is 1.56. The van der Waals surface area contributed by atoms with Crippen LogP contribution < -0.4 is 10.3 Å². The van der Waals surface area contributed by atoms with Gasteiger partial charge in [-0.25, -0.2) is 4.98 Å². The van der Waals surface area contributed by atoms with Gasteiger partial charge in [0.05, 0.1) is 21.1 Å². The number of hydrogen-bond acceptors (Lipinski definition) is 4. The highest BCUT2D eigenvalue weighted by molar-refractivity contribution is 7.14. The number of nitrogens with zero attached hydrogens (tertiary/aromatic N) is 3. The molecule has 1 aromatic carbocycles. The molecule has 0 atom stereocenters. The Bertz CT molecular complexity index is 1180. The molecule has 5 nitrogen and oxygen atoms in total. The van der Waals surface area contributed by atoms with Crippen molar-refractivity contribution in [2.45, 2.75) is 20.0 Å². The molecule has 0 aliphatic carbocycles.